The number of nitrogen functional groups attached to an aromatic ring is 1. The Kier molecular flexibility index (Phi) is 9.19. The van der Waals surface area contributed by atoms with Crippen molar-refractivity contribution >= 4 is 34.9 Å². The van der Waals surface area contributed by atoms with E-state index in [0.29, 0.717) is 34.9 Å². The highest BCUT2D eigenvalue weighted by molar-refractivity contribution is 6.35. The van der Waals surface area contributed by atoms with E-state index in [1.165, 1.54) is 11.0 Å². The molecular formula is C27H32Cl2N4O3. The number of β-amino-alcohol motifs (C(OH)–C–C–N with tert-alkyl or cyclic N) is 1. The van der Waals surface area contributed by atoms with E-state index in [0.717, 1.165) is 11.1 Å². The number of nitrogens with one attached hydrogen (secondary N) is 1. The largest absolute Gasteiger partial charge is 0.506 e. The molecule has 0 saturated carbocycles. The number of nitrogens with two attached hydrogens (primary N) is 1. The number of benzene rings is 2. The summed E-state index contributed by atoms with van der Waals surface area (Å²) in [7, 11) is 1.68. The van der Waals surface area contributed by atoms with Gasteiger partial charge in [-0.25, -0.2) is 4.98 Å². The molecule has 0 spiro atoms. The molecule has 5 N–H and O–H groups in total. The van der Waals surface area contributed by atoms with Crippen LogP contribution in [-0.2, 0) is 24.2 Å². The number of aromatic nitrogens is 1. The van der Waals surface area contributed by atoms with Gasteiger partial charge in [0.1, 0.15) is 11.6 Å². The van der Waals surface area contributed by atoms with Crippen molar-refractivity contribution < 1.29 is 15.0 Å². The van der Waals surface area contributed by atoms with Crippen LogP contribution in [-0.4, -0.2) is 45.1 Å². The van der Waals surface area contributed by atoms with E-state index >= 15 is 0 Å². The quantitative estimate of drug-likeness (QED) is 0.306. The number of hydrogen-bond donors (Lipinski definition) is 4. The summed E-state index contributed by atoms with van der Waals surface area (Å²) in [6, 6.07) is 14.4. The topological polar surface area (TPSA) is 112 Å². The van der Waals surface area contributed by atoms with Gasteiger partial charge in [-0.3, -0.25) is 4.79 Å². The Bertz CT molecular complexity index is 1200. The molecule has 0 aliphatic carbocycles. The SMILES string of the molecule is CN(Cc1cc(Cl)cc(Cl)c1O)C(=O)Cc1cccc(CC(C)(C)NC[C@H](O)c2ccc(N)nc2)c1. The number of aromatic hydroxyl groups is 1. The average Bonchev–Trinajstić information content (AvgIpc) is 2.81. The molecule has 0 bridgehead atoms. The lowest BCUT2D eigenvalue weighted by molar-refractivity contribution is -0.129. The molecule has 0 aliphatic heterocycles. The molecule has 1 aromatic heterocycles. The second kappa shape index (κ2) is 11.9. The van der Waals surface area contributed by atoms with Crippen LogP contribution in [0.15, 0.2) is 54.7 Å². The summed E-state index contributed by atoms with van der Waals surface area (Å²) in [6.45, 7) is 4.68. The smallest absolute Gasteiger partial charge is 0.227 e. The van der Waals surface area contributed by atoms with Crippen LogP contribution in [0.2, 0.25) is 10.0 Å². The number of phenolic OH excluding ortho intramolecular Hbond substituents is 1. The number of carbonyl (C=O) groups excluding carboxylic acids is 1. The van der Waals surface area contributed by atoms with Crippen LogP contribution in [0.5, 0.6) is 5.75 Å². The molecule has 7 nitrogen and oxygen atoms in total. The first-order valence-electron chi connectivity index (χ1n) is 11.6. The number of halogens is 2. The van der Waals surface area contributed by atoms with E-state index in [2.05, 4.69) is 24.1 Å². The number of phenols is 1. The lowest BCUT2D eigenvalue weighted by Gasteiger charge is -2.28. The number of aliphatic hydroxyl groups excluding tert-OH is 1. The fourth-order valence-electron chi connectivity index (χ4n) is 3.92. The van der Waals surface area contributed by atoms with Crippen LogP contribution in [0.1, 0.15) is 42.2 Å². The first kappa shape index (κ1) is 27.7. The van der Waals surface area contributed by atoms with E-state index in [1.54, 1.807) is 31.4 Å². The maximum absolute atomic E-state index is 12.9. The summed E-state index contributed by atoms with van der Waals surface area (Å²) in [5.74, 6) is 0.242. The Hall–Kier alpha value is -2.84. The second-order valence-electron chi connectivity index (χ2n) is 9.62. The number of amides is 1. The van der Waals surface area contributed by atoms with Crippen LogP contribution in [0.4, 0.5) is 5.82 Å². The van der Waals surface area contributed by atoms with Crippen molar-refractivity contribution in [1.82, 2.24) is 15.2 Å². The van der Waals surface area contributed by atoms with Gasteiger partial charge in [-0.1, -0.05) is 53.5 Å². The van der Waals surface area contributed by atoms with E-state index in [-0.39, 0.29) is 35.2 Å². The Morgan fingerprint density at radius 1 is 1.17 bits per heavy atom. The van der Waals surface area contributed by atoms with Gasteiger partial charge in [0.2, 0.25) is 5.91 Å². The van der Waals surface area contributed by atoms with Crippen molar-refractivity contribution in [3.05, 3.63) is 87.0 Å². The zero-order valence-electron chi connectivity index (χ0n) is 20.6. The molecule has 3 rings (SSSR count). The van der Waals surface area contributed by atoms with E-state index < -0.39 is 6.10 Å². The molecule has 1 heterocycles. The Labute approximate surface area is 221 Å². The fourth-order valence-corrected chi connectivity index (χ4v) is 4.46. The van der Waals surface area contributed by atoms with E-state index in [4.69, 9.17) is 28.9 Å². The van der Waals surface area contributed by atoms with Gasteiger partial charge >= 0.3 is 0 Å². The Balaban J connectivity index is 1.58. The molecule has 0 fully saturated rings. The summed E-state index contributed by atoms with van der Waals surface area (Å²) >= 11 is 12.0. The molecule has 0 aliphatic rings. The summed E-state index contributed by atoms with van der Waals surface area (Å²) < 4.78 is 0. The number of carbonyl (C=O) groups is 1. The fraction of sp³-hybridized carbons (Fsp3) is 0.333. The van der Waals surface area contributed by atoms with Gasteiger partial charge in [0.25, 0.3) is 0 Å². The number of pyridine rings is 1. The van der Waals surface area contributed by atoms with Gasteiger partial charge in [0.05, 0.1) is 17.5 Å². The molecule has 1 atom stereocenters. The van der Waals surface area contributed by atoms with Crippen molar-refractivity contribution in [2.75, 3.05) is 19.3 Å². The van der Waals surface area contributed by atoms with Crippen molar-refractivity contribution in [1.29, 1.82) is 0 Å². The van der Waals surface area contributed by atoms with Crippen molar-refractivity contribution in [3.63, 3.8) is 0 Å². The summed E-state index contributed by atoms with van der Waals surface area (Å²) in [6.07, 6.45) is 1.79. The Morgan fingerprint density at radius 2 is 1.89 bits per heavy atom. The molecule has 36 heavy (non-hydrogen) atoms. The summed E-state index contributed by atoms with van der Waals surface area (Å²) in [4.78, 5) is 18.4. The first-order chi connectivity index (χ1) is 16.9. The standard InChI is InChI=1S/C27H32Cl2N4O3/c1-27(2,32-15-23(34)19-7-8-24(30)31-14-19)13-18-6-4-5-17(9-18)10-25(35)33(3)16-20-11-21(28)12-22(29)26(20)36/h4-9,11-12,14,23,32,34,36H,10,13,15-16H2,1-3H3,(H2,30,31)/t23-/m0/s1. The highest BCUT2D eigenvalue weighted by Crippen LogP contribution is 2.32. The van der Waals surface area contributed by atoms with Gasteiger partial charge in [0, 0.05) is 48.0 Å². The van der Waals surface area contributed by atoms with Gasteiger partial charge < -0.3 is 26.2 Å². The molecule has 0 saturated heterocycles. The van der Waals surface area contributed by atoms with Crippen LogP contribution in [0.3, 0.4) is 0 Å². The van der Waals surface area contributed by atoms with Gasteiger partial charge in [-0.15, -0.1) is 0 Å². The van der Waals surface area contributed by atoms with Crippen molar-refractivity contribution in [3.8, 4) is 5.75 Å². The maximum atomic E-state index is 12.9. The molecule has 3 aromatic rings. The summed E-state index contributed by atoms with van der Waals surface area (Å²) in [5, 5.41) is 24.6. The zero-order chi connectivity index (χ0) is 26.5. The molecule has 0 radical (unpaired) electrons. The third-order valence-electron chi connectivity index (χ3n) is 5.90. The second-order valence-corrected chi connectivity index (χ2v) is 10.5. The number of likely N-dealkylation sites (N-methyl/N-ethyl adjacent to an activating group) is 1. The van der Waals surface area contributed by atoms with E-state index in [9.17, 15) is 15.0 Å². The third kappa shape index (κ3) is 7.83. The predicted molar refractivity (Wildman–Crippen MR) is 144 cm³/mol. The number of rotatable bonds is 10. The molecule has 0 unspecified atom stereocenters. The van der Waals surface area contributed by atoms with Crippen LogP contribution >= 0.6 is 23.2 Å². The lowest BCUT2D eigenvalue weighted by Crippen LogP contribution is -2.43. The number of nitrogens with zero attached hydrogens (tertiary/aromatic N) is 2. The highest BCUT2D eigenvalue weighted by atomic mass is 35.5. The van der Waals surface area contributed by atoms with Crippen LogP contribution < -0.4 is 11.1 Å². The van der Waals surface area contributed by atoms with Gasteiger partial charge in [0.15, 0.2) is 0 Å². The van der Waals surface area contributed by atoms with Crippen LogP contribution in [0.25, 0.3) is 0 Å². The minimum atomic E-state index is -0.703. The predicted octanol–water partition coefficient (Wildman–Crippen LogP) is 4.52. The Morgan fingerprint density at radius 3 is 2.58 bits per heavy atom. The average molecular weight is 531 g/mol. The number of aliphatic hydroxyl groups is 1. The van der Waals surface area contributed by atoms with Crippen LogP contribution in [0, 0.1) is 0 Å². The molecule has 192 valence electrons. The van der Waals surface area contributed by atoms with Gasteiger partial charge in [-0.05, 0) is 49.6 Å². The number of anilines is 1. The summed E-state index contributed by atoms with van der Waals surface area (Å²) in [5.41, 5.74) is 8.46. The molecule has 2 aromatic carbocycles. The lowest BCUT2D eigenvalue weighted by atomic mass is 9.93. The van der Waals surface area contributed by atoms with Gasteiger partial charge in [-0.2, -0.15) is 0 Å². The number of hydrogen-bond acceptors (Lipinski definition) is 6. The maximum Gasteiger partial charge on any atom is 0.227 e. The monoisotopic (exact) mass is 530 g/mol. The minimum absolute atomic E-state index is 0.0739. The highest BCUT2D eigenvalue weighted by Gasteiger charge is 2.21. The molecule has 9 heteroatoms. The van der Waals surface area contributed by atoms with E-state index in [1.807, 2.05) is 24.3 Å². The van der Waals surface area contributed by atoms with Crippen molar-refractivity contribution in [2.45, 2.75) is 44.9 Å². The molecular weight excluding hydrogens is 499 g/mol. The minimum Gasteiger partial charge on any atom is -0.506 e. The third-order valence-corrected chi connectivity index (χ3v) is 6.41. The molecule has 1 amide bonds. The first-order valence-corrected chi connectivity index (χ1v) is 12.3. The normalized spacial score (nSPS) is 12.4. The van der Waals surface area contributed by atoms with Crippen molar-refractivity contribution in [2.24, 2.45) is 0 Å². The zero-order valence-corrected chi connectivity index (χ0v) is 22.1.